The smallest absolute Gasteiger partial charge is 0.339 e. The number of ether oxygens (including phenoxy) is 1. The van der Waals surface area contributed by atoms with Crippen molar-refractivity contribution in [3.63, 3.8) is 0 Å². The summed E-state index contributed by atoms with van der Waals surface area (Å²) in [6, 6.07) is 10.5. The van der Waals surface area contributed by atoms with E-state index >= 15 is 0 Å². The Morgan fingerprint density at radius 1 is 1.04 bits per heavy atom. The molecule has 2 rings (SSSR count). The number of aryl methyl sites for hydroxylation is 2. The van der Waals surface area contributed by atoms with Gasteiger partial charge in [0.15, 0.2) is 6.61 Å². The number of amides is 1. The number of likely N-dealkylation sites (N-methyl/N-ethyl adjacent to an activating group) is 1. The Kier molecular flexibility index (Phi) is 5.99. The molecule has 0 aliphatic heterocycles. The van der Waals surface area contributed by atoms with Crippen molar-refractivity contribution in [1.29, 1.82) is 0 Å². The number of benzene rings is 2. The minimum Gasteiger partial charge on any atom is -0.452 e. The highest BCUT2D eigenvalue weighted by Crippen LogP contribution is 2.22. The maximum absolute atomic E-state index is 12.4. The molecular formula is C18H19NO6S. The molecule has 0 saturated carbocycles. The van der Waals surface area contributed by atoms with E-state index in [1.54, 1.807) is 19.9 Å². The lowest BCUT2D eigenvalue weighted by molar-refractivity contribution is -0.123. The van der Waals surface area contributed by atoms with Crippen molar-refractivity contribution in [3.8, 4) is 5.75 Å². The van der Waals surface area contributed by atoms with Gasteiger partial charge in [-0.3, -0.25) is 4.79 Å². The zero-order valence-electron chi connectivity index (χ0n) is 14.6. The molecule has 0 unspecified atom stereocenters. The predicted molar refractivity (Wildman–Crippen MR) is 94.5 cm³/mol. The molecule has 138 valence electrons. The quantitative estimate of drug-likeness (QED) is 0.610. The number of carbonyl (C=O) groups is 2. The van der Waals surface area contributed by atoms with Crippen LogP contribution in [-0.2, 0) is 19.6 Å². The van der Waals surface area contributed by atoms with Gasteiger partial charge in [0, 0.05) is 7.05 Å². The largest absolute Gasteiger partial charge is 0.452 e. The predicted octanol–water partition coefficient (Wildman–Crippen LogP) is 1.97. The molecule has 0 fully saturated rings. The van der Waals surface area contributed by atoms with Gasteiger partial charge in [0.2, 0.25) is 0 Å². The van der Waals surface area contributed by atoms with E-state index in [1.807, 2.05) is 6.07 Å². The third-order valence-corrected chi connectivity index (χ3v) is 4.91. The fourth-order valence-corrected chi connectivity index (χ4v) is 3.33. The molecule has 0 atom stereocenters. The summed E-state index contributed by atoms with van der Waals surface area (Å²) in [6.45, 7) is 3.08. The minimum absolute atomic E-state index is 0.0637. The SMILES string of the molecule is CNC(=O)COC(=O)c1ccc(OS(=O)(=O)c2cc(C)ccc2C)cc1. The van der Waals surface area contributed by atoms with E-state index < -0.39 is 28.6 Å². The summed E-state index contributed by atoms with van der Waals surface area (Å²) in [5.74, 6) is -1.07. The monoisotopic (exact) mass is 377 g/mol. The van der Waals surface area contributed by atoms with Crippen LogP contribution in [0.1, 0.15) is 21.5 Å². The molecule has 0 spiro atoms. The summed E-state index contributed by atoms with van der Waals surface area (Å²) in [4.78, 5) is 23.0. The molecule has 0 radical (unpaired) electrons. The first-order chi connectivity index (χ1) is 12.2. The van der Waals surface area contributed by atoms with Gasteiger partial charge in [-0.25, -0.2) is 4.79 Å². The van der Waals surface area contributed by atoms with Gasteiger partial charge in [0.05, 0.1) is 5.56 Å². The highest BCUT2D eigenvalue weighted by molar-refractivity contribution is 7.87. The molecule has 7 nitrogen and oxygen atoms in total. The number of nitrogens with one attached hydrogen (secondary N) is 1. The van der Waals surface area contributed by atoms with Gasteiger partial charge < -0.3 is 14.2 Å². The van der Waals surface area contributed by atoms with Crippen molar-refractivity contribution in [2.24, 2.45) is 0 Å². The van der Waals surface area contributed by atoms with Crippen molar-refractivity contribution in [2.75, 3.05) is 13.7 Å². The van der Waals surface area contributed by atoms with E-state index in [2.05, 4.69) is 5.32 Å². The molecule has 0 aliphatic carbocycles. The molecular weight excluding hydrogens is 358 g/mol. The van der Waals surface area contributed by atoms with Crippen molar-refractivity contribution >= 4 is 22.0 Å². The number of carbonyl (C=O) groups excluding carboxylic acids is 2. The Hall–Kier alpha value is -2.87. The Labute approximate surface area is 152 Å². The summed E-state index contributed by atoms with van der Waals surface area (Å²) in [7, 11) is -2.56. The molecule has 1 amide bonds. The van der Waals surface area contributed by atoms with Gasteiger partial charge >= 0.3 is 16.1 Å². The second-order valence-corrected chi connectivity index (χ2v) is 7.09. The highest BCUT2D eigenvalue weighted by atomic mass is 32.2. The van der Waals surface area contributed by atoms with Crippen LogP contribution in [0.25, 0.3) is 0 Å². The standard InChI is InChI=1S/C18H19NO6S/c1-12-4-5-13(2)16(10-12)26(22,23)25-15-8-6-14(7-9-15)18(21)24-11-17(20)19-3/h4-10H,11H2,1-3H3,(H,19,20). The lowest BCUT2D eigenvalue weighted by Crippen LogP contribution is -2.25. The molecule has 0 saturated heterocycles. The van der Waals surface area contributed by atoms with Gasteiger partial charge in [-0.2, -0.15) is 8.42 Å². The van der Waals surface area contributed by atoms with E-state index in [0.29, 0.717) is 5.56 Å². The van der Waals surface area contributed by atoms with Crippen LogP contribution in [0.5, 0.6) is 5.75 Å². The fraction of sp³-hybridized carbons (Fsp3) is 0.222. The number of hydrogen-bond donors (Lipinski definition) is 1. The van der Waals surface area contributed by atoms with E-state index in [-0.39, 0.29) is 16.2 Å². The lowest BCUT2D eigenvalue weighted by Gasteiger charge is -2.10. The average Bonchev–Trinajstić information content (AvgIpc) is 2.61. The molecule has 1 N–H and O–H groups in total. The van der Waals surface area contributed by atoms with E-state index in [0.717, 1.165) is 5.56 Å². The minimum atomic E-state index is -3.99. The van der Waals surface area contributed by atoms with Crippen LogP contribution < -0.4 is 9.50 Å². The molecule has 2 aromatic rings. The van der Waals surface area contributed by atoms with E-state index in [9.17, 15) is 18.0 Å². The second kappa shape index (κ2) is 8.01. The summed E-state index contributed by atoms with van der Waals surface area (Å²) < 4.78 is 34.8. The van der Waals surface area contributed by atoms with Crippen LogP contribution in [0.2, 0.25) is 0 Å². The molecule has 0 aromatic heterocycles. The maximum atomic E-state index is 12.4. The first-order valence-electron chi connectivity index (χ1n) is 7.72. The maximum Gasteiger partial charge on any atom is 0.339 e. The zero-order chi connectivity index (χ0) is 19.3. The van der Waals surface area contributed by atoms with Crippen molar-refractivity contribution in [2.45, 2.75) is 18.7 Å². The molecule has 8 heteroatoms. The molecule has 26 heavy (non-hydrogen) atoms. The third-order valence-electron chi connectivity index (χ3n) is 3.52. The van der Waals surface area contributed by atoms with Crippen molar-refractivity contribution < 1.29 is 26.9 Å². The Bertz CT molecular complexity index is 919. The van der Waals surface area contributed by atoms with E-state index in [4.69, 9.17) is 8.92 Å². The van der Waals surface area contributed by atoms with Crippen LogP contribution in [0.3, 0.4) is 0 Å². The van der Waals surface area contributed by atoms with Gasteiger partial charge in [-0.1, -0.05) is 12.1 Å². The lowest BCUT2D eigenvalue weighted by atomic mass is 10.2. The van der Waals surface area contributed by atoms with Crippen LogP contribution in [0, 0.1) is 13.8 Å². The number of hydrogen-bond acceptors (Lipinski definition) is 6. The number of esters is 1. The molecule has 0 heterocycles. The van der Waals surface area contributed by atoms with Crippen LogP contribution >= 0.6 is 0 Å². The van der Waals surface area contributed by atoms with Crippen molar-refractivity contribution in [1.82, 2.24) is 5.32 Å². The normalized spacial score (nSPS) is 10.9. The fourth-order valence-electron chi connectivity index (χ4n) is 2.08. The summed E-state index contributed by atoms with van der Waals surface area (Å²) in [5, 5.41) is 2.33. The summed E-state index contributed by atoms with van der Waals surface area (Å²) in [6.07, 6.45) is 0. The first-order valence-corrected chi connectivity index (χ1v) is 9.13. The molecule has 2 aromatic carbocycles. The van der Waals surface area contributed by atoms with Crippen LogP contribution in [0.4, 0.5) is 0 Å². The molecule has 0 aliphatic rings. The van der Waals surface area contributed by atoms with Gasteiger partial charge in [0.25, 0.3) is 5.91 Å². The Morgan fingerprint density at radius 3 is 2.31 bits per heavy atom. The summed E-state index contributed by atoms with van der Waals surface area (Å²) >= 11 is 0. The first kappa shape index (κ1) is 19.5. The average molecular weight is 377 g/mol. The van der Waals surface area contributed by atoms with Gasteiger partial charge in [-0.15, -0.1) is 0 Å². The Morgan fingerprint density at radius 2 is 1.69 bits per heavy atom. The topological polar surface area (TPSA) is 98.8 Å². The number of rotatable bonds is 6. The van der Waals surface area contributed by atoms with Gasteiger partial charge in [0.1, 0.15) is 10.6 Å². The highest BCUT2D eigenvalue weighted by Gasteiger charge is 2.20. The van der Waals surface area contributed by atoms with Crippen LogP contribution in [-0.4, -0.2) is 33.9 Å². The third kappa shape index (κ3) is 4.82. The van der Waals surface area contributed by atoms with Crippen LogP contribution in [0.15, 0.2) is 47.4 Å². The second-order valence-electron chi connectivity index (χ2n) is 5.58. The van der Waals surface area contributed by atoms with Crippen molar-refractivity contribution in [3.05, 3.63) is 59.2 Å². The Balaban J connectivity index is 2.12. The summed E-state index contributed by atoms with van der Waals surface area (Å²) in [5.41, 5.74) is 1.54. The molecule has 0 bridgehead atoms. The van der Waals surface area contributed by atoms with Gasteiger partial charge in [-0.05, 0) is 55.3 Å². The zero-order valence-corrected chi connectivity index (χ0v) is 15.4. The van der Waals surface area contributed by atoms with E-state index in [1.165, 1.54) is 37.4 Å².